The van der Waals surface area contributed by atoms with Gasteiger partial charge in [0.15, 0.2) is 0 Å². The summed E-state index contributed by atoms with van der Waals surface area (Å²) in [5.74, 6) is -0.591. The molecule has 0 saturated heterocycles. The molecule has 4 heteroatoms. The minimum Gasteiger partial charge on any atom is -0.366 e. The topological polar surface area (TPSA) is 55.1 Å². The van der Waals surface area contributed by atoms with Crippen LogP contribution in [-0.2, 0) is 12.8 Å². The number of rotatable bonds is 8. The Bertz CT molecular complexity index is 623. The highest BCUT2D eigenvalue weighted by atomic mass is 19.1. The molecule has 0 bridgehead atoms. The highest BCUT2D eigenvalue weighted by Crippen LogP contribution is 2.08. The van der Waals surface area contributed by atoms with E-state index >= 15 is 0 Å². The van der Waals surface area contributed by atoms with Crippen LogP contribution in [0.25, 0.3) is 0 Å². The van der Waals surface area contributed by atoms with Crippen LogP contribution in [0.1, 0.15) is 34.8 Å². The molecule has 1 unspecified atom stereocenters. The Morgan fingerprint density at radius 2 is 1.70 bits per heavy atom. The van der Waals surface area contributed by atoms with Crippen LogP contribution < -0.4 is 11.1 Å². The summed E-state index contributed by atoms with van der Waals surface area (Å²) in [4.78, 5) is 11.0. The number of aryl methyl sites for hydroxylation is 1. The molecule has 2 rings (SSSR count). The lowest BCUT2D eigenvalue weighted by molar-refractivity contribution is 0.100. The SMILES string of the molecule is CC(Cc1ccc(C(N)=O)cc1)NCCCc1ccc(F)cc1. The molecular formula is C19H23FN2O. The van der Waals surface area contributed by atoms with Crippen LogP contribution >= 0.6 is 0 Å². The van der Waals surface area contributed by atoms with Crippen LogP contribution in [0, 0.1) is 5.82 Å². The number of primary amides is 1. The third kappa shape index (κ3) is 5.83. The number of hydrogen-bond acceptors (Lipinski definition) is 2. The second kappa shape index (κ2) is 8.44. The van der Waals surface area contributed by atoms with Crippen molar-refractivity contribution in [3.8, 4) is 0 Å². The molecule has 0 aliphatic carbocycles. The van der Waals surface area contributed by atoms with E-state index in [9.17, 15) is 9.18 Å². The van der Waals surface area contributed by atoms with Crippen molar-refractivity contribution in [1.29, 1.82) is 0 Å². The predicted octanol–water partition coefficient (Wildman–Crippen LogP) is 3.08. The molecule has 1 atom stereocenters. The number of nitrogens with one attached hydrogen (secondary N) is 1. The van der Waals surface area contributed by atoms with Gasteiger partial charge in [0.2, 0.25) is 5.91 Å². The van der Waals surface area contributed by atoms with E-state index in [1.54, 1.807) is 12.1 Å². The largest absolute Gasteiger partial charge is 0.366 e. The molecule has 0 aromatic heterocycles. The Balaban J connectivity index is 1.69. The molecule has 2 aromatic carbocycles. The lowest BCUT2D eigenvalue weighted by atomic mass is 10.0. The van der Waals surface area contributed by atoms with Crippen molar-refractivity contribution in [2.24, 2.45) is 5.73 Å². The van der Waals surface area contributed by atoms with E-state index in [-0.39, 0.29) is 5.82 Å². The van der Waals surface area contributed by atoms with Gasteiger partial charge in [0.1, 0.15) is 5.82 Å². The summed E-state index contributed by atoms with van der Waals surface area (Å²) in [6.45, 7) is 3.05. The van der Waals surface area contributed by atoms with E-state index in [0.717, 1.165) is 31.4 Å². The minimum absolute atomic E-state index is 0.192. The molecule has 0 spiro atoms. The minimum atomic E-state index is -0.400. The van der Waals surface area contributed by atoms with E-state index in [4.69, 9.17) is 5.73 Å². The number of halogens is 1. The number of hydrogen-bond donors (Lipinski definition) is 2. The van der Waals surface area contributed by atoms with Gasteiger partial charge < -0.3 is 11.1 Å². The van der Waals surface area contributed by atoms with E-state index in [0.29, 0.717) is 11.6 Å². The summed E-state index contributed by atoms with van der Waals surface area (Å²) >= 11 is 0. The Kier molecular flexibility index (Phi) is 6.29. The molecular weight excluding hydrogens is 291 g/mol. The van der Waals surface area contributed by atoms with E-state index in [2.05, 4.69) is 12.2 Å². The molecule has 0 aliphatic rings. The van der Waals surface area contributed by atoms with Crippen LogP contribution in [0.2, 0.25) is 0 Å². The molecule has 23 heavy (non-hydrogen) atoms. The molecule has 0 radical (unpaired) electrons. The maximum Gasteiger partial charge on any atom is 0.248 e. The Labute approximate surface area is 136 Å². The third-order valence-corrected chi connectivity index (χ3v) is 3.83. The summed E-state index contributed by atoms with van der Waals surface area (Å²) in [6, 6.07) is 14.4. The standard InChI is InChI=1S/C19H23FN2O/c1-14(13-16-4-8-17(9-5-16)19(21)23)22-12-2-3-15-6-10-18(20)11-7-15/h4-11,14,22H,2-3,12-13H2,1H3,(H2,21,23). The van der Waals surface area contributed by atoms with Gasteiger partial charge in [-0.2, -0.15) is 0 Å². The lowest BCUT2D eigenvalue weighted by Crippen LogP contribution is -2.29. The zero-order valence-corrected chi connectivity index (χ0v) is 13.4. The van der Waals surface area contributed by atoms with Crippen LogP contribution in [0.15, 0.2) is 48.5 Å². The summed E-state index contributed by atoms with van der Waals surface area (Å²) in [7, 11) is 0. The number of benzene rings is 2. The molecule has 3 N–H and O–H groups in total. The predicted molar refractivity (Wildman–Crippen MR) is 90.8 cm³/mol. The number of amides is 1. The normalized spacial score (nSPS) is 12.1. The fourth-order valence-corrected chi connectivity index (χ4v) is 2.52. The van der Waals surface area contributed by atoms with Crippen molar-refractivity contribution in [3.63, 3.8) is 0 Å². The van der Waals surface area contributed by atoms with Gasteiger partial charge >= 0.3 is 0 Å². The summed E-state index contributed by atoms with van der Waals surface area (Å²) in [5.41, 5.74) is 8.10. The fraction of sp³-hybridized carbons (Fsp3) is 0.316. The van der Waals surface area contributed by atoms with Gasteiger partial charge in [-0.3, -0.25) is 4.79 Å². The summed E-state index contributed by atoms with van der Waals surface area (Å²) in [5, 5.41) is 3.48. The zero-order chi connectivity index (χ0) is 16.7. The van der Waals surface area contributed by atoms with Gasteiger partial charge in [0.05, 0.1) is 0 Å². The van der Waals surface area contributed by atoms with Crippen molar-refractivity contribution in [3.05, 3.63) is 71.0 Å². The molecule has 0 heterocycles. The van der Waals surface area contributed by atoms with E-state index < -0.39 is 5.91 Å². The molecule has 1 amide bonds. The molecule has 3 nitrogen and oxygen atoms in total. The van der Waals surface area contributed by atoms with Gasteiger partial charge in [0, 0.05) is 11.6 Å². The Morgan fingerprint density at radius 3 is 2.30 bits per heavy atom. The van der Waals surface area contributed by atoms with Gasteiger partial charge in [-0.25, -0.2) is 4.39 Å². The first-order valence-corrected chi connectivity index (χ1v) is 7.91. The van der Waals surface area contributed by atoms with Gasteiger partial charge in [-0.1, -0.05) is 24.3 Å². The maximum absolute atomic E-state index is 12.8. The second-order valence-electron chi connectivity index (χ2n) is 5.85. The Morgan fingerprint density at radius 1 is 1.09 bits per heavy atom. The third-order valence-electron chi connectivity index (χ3n) is 3.83. The zero-order valence-electron chi connectivity index (χ0n) is 13.4. The first-order valence-electron chi connectivity index (χ1n) is 7.91. The quantitative estimate of drug-likeness (QED) is 0.736. The van der Waals surface area contributed by atoms with Crippen LogP contribution in [-0.4, -0.2) is 18.5 Å². The molecule has 0 saturated carbocycles. The van der Waals surface area contributed by atoms with Crippen molar-refractivity contribution in [2.45, 2.75) is 32.2 Å². The summed E-state index contributed by atoms with van der Waals surface area (Å²) < 4.78 is 12.8. The van der Waals surface area contributed by atoms with Gasteiger partial charge in [-0.15, -0.1) is 0 Å². The first-order chi connectivity index (χ1) is 11.0. The highest BCUT2D eigenvalue weighted by molar-refractivity contribution is 5.92. The number of nitrogens with two attached hydrogens (primary N) is 1. The second-order valence-corrected chi connectivity index (χ2v) is 5.85. The van der Waals surface area contributed by atoms with Gasteiger partial charge in [-0.05, 0) is 68.1 Å². The van der Waals surface area contributed by atoms with Crippen LogP contribution in [0.4, 0.5) is 4.39 Å². The average Bonchev–Trinajstić information content (AvgIpc) is 2.54. The molecule has 0 aliphatic heterocycles. The molecule has 0 fully saturated rings. The number of carbonyl (C=O) groups excluding carboxylic acids is 1. The van der Waals surface area contributed by atoms with E-state index in [1.807, 2.05) is 24.3 Å². The van der Waals surface area contributed by atoms with Crippen molar-refractivity contribution in [1.82, 2.24) is 5.32 Å². The Hall–Kier alpha value is -2.20. The molecule has 2 aromatic rings. The fourth-order valence-electron chi connectivity index (χ4n) is 2.52. The smallest absolute Gasteiger partial charge is 0.248 e. The average molecular weight is 314 g/mol. The first kappa shape index (κ1) is 17.2. The van der Waals surface area contributed by atoms with Crippen molar-refractivity contribution in [2.75, 3.05) is 6.54 Å². The number of carbonyl (C=O) groups is 1. The van der Waals surface area contributed by atoms with E-state index in [1.165, 1.54) is 17.7 Å². The van der Waals surface area contributed by atoms with Crippen LogP contribution in [0.3, 0.4) is 0 Å². The highest BCUT2D eigenvalue weighted by Gasteiger charge is 2.05. The van der Waals surface area contributed by atoms with Crippen LogP contribution in [0.5, 0.6) is 0 Å². The maximum atomic E-state index is 12.8. The lowest BCUT2D eigenvalue weighted by Gasteiger charge is -2.14. The van der Waals surface area contributed by atoms with Crippen molar-refractivity contribution < 1.29 is 9.18 Å². The monoisotopic (exact) mass is 314 g/mol. The van der Waals surface area contributed by atoms with Gasteiger partial charge in [0.25, 0.3) is 0 Å². The summed E-state index contributed by atoms with van der Waals surface area (Å²) in [6.07, 6.45) is 2.85. The van der Waals surface area contributed by atoms with Crippen molar-refractivity contribution >= 4 is 5.91 Å². The molecule has 122 valence electrons.